The third kappa shape index (κ3) is 3.45. The fourth-order valence-electron chi connectivity index (χ4n) is 2.07. The molecule has 2 aromatic heterocycles. The zero-order chi connectivity index (χ0) is 14.7. The molecular weight excluding hydrogens is 308 g/mol. The standard InChI is InChI=1S/C13H16N4O2S2/c1-9(12(18)17-4-6-19-7-5-17)21-13-14-11(15-16-13)10-3-2-8-20-10/h2-3,8-9H,4-7H2,1H3,(H,14,15,16). The molecule has 1 unspecified atom stereocenters. The third-order valence-corrected chi connectivity index (χ3v) is 5.00. The summed E-state index contributed by atoms with van der Waals surface area (Å²) >= 11 is 2.99. The van der Waals surface area contributed by atoms with Gasteiger partial charge in [-0.15, -0.1) is 16.4 Å². The number of thiophene rings is 1. The van der Waals surface area contributed by atoms with E-state index >= 15 is 0 Å². The van der Waals surface area contributed by atoms with Gasteiger partial charge in [-0.1, -0.05) is 17.8 Å². The Hall–Kier alpha value is -1.38. The molecule has 1 aliphatic heterocycles. The summed E-state index contributed by atoms with van der Waals surface area (Å²) in [6.07, 6.45) is 0. The molecule has 0 aromatic carbocycles. The van der Waals surface area contributed by atoms with Crippen LogP contribution in [0.5, 0.6) is 0 Å². The smallest absolute Gasteiger partial charge is 0.236 e. The number of hydrogen-bond acceptors (Lipinski definition) is 6. The molecule has 1 saturated heterocycles. The van der Waals surface area contributed by atoms with Crippen LogP contribution in [0.1, 0.15) is 6.92 Å². The second-order valence-electron chi connectivity index (χ2n) is 4.64. The van der Waals surface area contributed by atoms with Gasteiger partial charge in [0.05, 0.1) is 23.3 Å². The van der Waals surface area contributed by atoms with Gasteiger partial charge in [-0.2, -0.15) is 0 Å². The molecule has 0 radical (unpaired) electrons. The van der Waals surface area contributed by atoms with E-state index in [0.29, 0.717) is 31.5 Å². The molecule has 6 nitrogen and oxygen atoms in total. The molecule has 21 heavy (non-hydrogen) atoms. The minimum Gasteiger partial charge on any atom is -0.378 e. The van der Waals surface area contributed by atoms with Crippen molar-refractivity contribution in [3.05, 3.63) is 17.5 Å². The number of nitrogens with one attached hydrogen (secondary N) is 1. The van der Waals surface area contributed by atoms with Gasteiger partial charge in [0.2, 0.25) is 11.1 Å². The lowest BCUT2D eigenvalue weighted by Gasteiger charge is -2.28. The Balaban J connectivity index is 1.62. The van der Waals surface area contributed by atoms with Crippen molar-refractivity contribution in [1.29, 1.82) is 0 Å². The van der Waals surface area contributed by atoms with Crippen molar-refractivity contribution in [3.8, 4) is 10.7 Å². The lowest BCUT2D eigenvalue weighted by Crippen LogP contribution is -2.44. The zero-order valence-electron chi connectivity index (χ0n) is 11.6. The van der Waals surface area contributed by atoms with Crippen LogP contribution in [-0.4, -0.2) is 57.5 Å². The largest absolute Gasteiger partial charge is 0.378 e. The average Bonchev–Trinajstić information content (AvgIpc) is 3.18. The summed E-state index contributed by atoms with van der Waals surface area (Å²) in [6.45, 7) is 4.46. The lowest BCUT2D eigenvalue weighted by molar-refractivity contribution is -0.134. The normalized spacial score (nSPS) is 16.9. The molecular formula is C13H16N4O2S2. The number of carbonyl (C=O) groups excluding carboxylic acids is 1. The van der Waals surface area contributed by atoms with E-state index in [2.05, 4.69) is 15.2 Å². The lowest BCUT2D eigenvalue weighted by atomic mass is 10.3. The van der Waals surface area contributed by atoms with Gasteiger partial charge in [0, 0.05) is 13.1 Å². The van der Waals surface area contributed by atoms with Crippen molar-refractivity contribution < 1.29 is 9.53 Å². The molecule has 1 aliphatic rings. The van der Waals surface area contributed by atoms with Crippen LogP contribution in [0.25, 0.3) is 10.7 Å². The second kappa shape index (κ2) is 6.59. The number of rotatable bonds is 4. The maximum Gasteiger partial charge on any atom is 0.236 e. The summed E-state index contributed by atoms with van der Waals surface area (Å²) in [5.74, 6) is 0.865. The third-order valence-electron chi connectivity index (χ3n) is 3.17. The van der Waals surface area contributed by atoms with Gasteiger partial charge in [0.15, 0.2) is 5.82 Å². The molecule has 8 heteroatoms. The van der Waals surface area contributed by atoms with E-state index < -0.39 is 0 Å². The number of nitrogens with zero attached hydrogens (tertiary/aromatic N) is 3. The number of aromatic nitrogens is 3. The quantitative estimate of drug-likeness (QED) is 0.870. The molecule has 112 valence electrons. The van der Waals surface area contributed by atoms with Crippen LogP contribution >= 0.6 is 23.1 Å². The molecule has 1 amide bonds. The predicted octanol–water partition coefficient (Wildman–Crippen LogP) is 1.87. The molecule has 1 fully saturated rings. The summed E-state index contributed by atoms with van der Waals surface area (Å²) in [7, 11) is 0. The topological polar surface area (TPSA) is 71.1 Å². The minimum absolute atomic E-state index is 0.116. The van der Waals surface area contributed by atoms with Crippen LogP contribution in [0.3, 0.4) is 0 Å². The van der Waals surface area contributed by atoms with Gasteiger partial charge >= 0.3 is 0 Å². The maximum absolute atomic E-state index is 12.3. The Morgan fingerprint density at radius 3 is 3.05 bits per heavy atom. The monoisotopic (exact) mass is 324 g/mol. The fourth-order valence-corrected chi connectivity index (χ4v) is 3.54. The highest BCUT2D eigenvalue weighted by molar-refractivity contribution is 8.00. The summed E-state index contributed by atoms with van der Waals surface area (Å²) in [4.78, 5) is 19.6. The highest BCUT2D eigenvalue weighted by Crippen LogP contribution is 2.26. The van der Waals surface area contributed by atoms with Crippen LogP contribution in [0.2, 0.25) is 0 Å². The van der Waals surface area contributed by atoms with E-state index in [9.17, 15) is 4.79 Å². The first-order valence-electron chi connectivity index (χ1n) is 6.73. The Bertz CT molecular complexity index is 593. The highest BCUT2D eigenvalue weighted by Gasteiger charge is 2.24. The van der Waals surface area contributed by atoms with E-state index in [1.165, 1.54) is 11.8 Å². The Morgan fingerprint density at radius 2 is 2.33 bits per heavy atom. The number of amides is 1. The molecule has 1 N–H and O–H groups in total. The van der Waals surface area contributed by atoms with Crippen molar-refractivity contribution in [1.82, 2.24) is 20.1 Å². The molecule has 2 aromatic rings. The summed E-state index contributed by atoms with van der Waals surface area (Å²) in [5.41, 5.74) is 0. The number of carbonyl (C=O) groups is 1. The van der Waals surface area contributed by atoms with Crippen LogP contribution in [0.4, 0.5) is 0 Å². The van der Waals surface area contributed by atoms with Gasteiger partial charge < -0.3 is 9.64 Å². The molecule has 0 bridgehead atoms. The summed E-state index contributed by atoms with van der Waals surface area (Å²) in [6, 6.07) is 3.96. The number of hydrogen-bond donors (Lipinski definition) is 1. The first kappa shape index (κ1) is 14.6. The van der Waals surface area contributed by atoms with Gasteiger partial charge in [0.25, 0.3) is 0 Å². The van der Waals surface area contributed by atoms with Crippen LogP contribution < -0.4 is 0 Å². The van der Waals surface area contributed by atoms with Crippen molar-refractivity contribution in [2.45, 2.75) is 17.3 Å². The molecule has 1 atom stereocenters. The average molecular weight is 324 g/mol. The predicted molar refractivity (Wildman–Crippen MR) is 82.4 cm³/mol. The maximum atomic E-state index is 12.3. The summed E-state index contributed by atoms with van der Waals surface area (Å²) in [5, 5.41) is 9.49. The van der Waals surface area contributed by atoms with E-state index in [1.807, 2.05) is 29.3 Å². The van der Waals surface area contributed by atoms with Gasteiger partial charge in [0.1, 0.15) is 0 Å². The van der Waals surface area contributed by atoms with E-state index in [4.69, 9.17) is 4.74 Å². The Kier molecular flexibility index (Phi) is 4.57. The molecule has 0 spiro atoms. The molecule has 3 rings (SSSR count). The van der Waals surface area contributed by atoms with Gasteiger partial charge in [-0.25, -0.2) is 4.98 Å². The van der Waals surface area contributed by atoms with Gasteiger partial charge in [-0.3, -0.25) is 9.89 Å². The highest BCUT2D eigenvalue weighted by atomic mass is 32.2. The summed E-state index contributed by atoms with van der Waals surface area (Å²) < 4.78 is 5.26. The van der Waals surface area contributed by atoms with Crippen molar-refractivity contribution in [2.75, 3.05) is 26.3 Å². The fraction of sp³-hybridized carbons (Fsp3) is 0.462. The van der Waals surface area contributed by atoms with E-state index in [0.717, 1.165) is 10.7 Å². The Labute approximate surface area is 130 Å². The minimum atomic E-state index is -0.199. The number of morpholine rings is 1. The van der Waals surface area contributed by atoms with Crippen molar-refractivity contribution in [2.24, 2.45) is 0 Å². The number of ether oxygens (including phenoxy) is 1. The SMILES string of the molecule is CC(Sc1n[nH]c(-c2cccs2)n1)C(=O)N1CCOCC1. The number of aromatic amines is 1. The van der Waals surface area contributed by atoms with Crippen LogP contribution in [0, 0.1) is 0 Å². The number of thioether (sulfide) groups is 1. The second-order valence-corrected chi connectivity index (χ2v) is 6.90. The van der Waals surface area contributed by atoms with E-state index in [1.54, 1.807) is 11.3 Å². The number of H-pyrrole nitrogens is 1. The first-order valence-corrected chi connectivity index (χ1v) is 8.49. The van der Waals surface area contributed by atoms with E-state index in [-0.39, 0.29) is 11.2 Å². The zero-order valence-corrected chi connectivity index (χ0v) is 13.2. The van der Waals surface area contributed by atoms with Crippen LogP contribution in [-0.2, 0) is 9.53 Å². The first-order chi connectivity index (χ1) is 10.2. The Morgan fingerprint density at radius 1 is 1.52 bits per heavy atom. The molecule has 3 heterocycles. The molecule has 0 aliphatic carbocycles. The molecule has 0 saturated carbocycles. The van der Waals surface area contributed by atoms with Crippen molar-refractivity contribution >= 4 is 29.0 Å². The van der Waals surface area contributed by atoms with Crippen LogP contribution in [0.15, 0.2) is 22.7 Å². The van der Waals surface area contributed by atoms with Crippen molar-refractivity contribution in [3.63, 3.8) is 0 Å². The van der Waals surface area contributed by atoms with Gasteiger partial charge in [-0.05, 0) is 18.4 Å².